The number of aromatic nitrogens is 4. The molecule has 1 N–H and O–H groups in total. The van der Waals surface area contributed by atoms with E-state index in [4.69, 9.17) is 9.72 Å². The average Bonchev–Trinajstić information content (AvgIpc) is 3.50. The van der Waals surface area contributed by atoms with Gasteiger partial charge in [-0.05, 0) is 49.2 Å². The smallest absolute Gasteiger partial charge is 0.253 e. The largest absolute Gasteiger partial charge is 0.497 e. The van der Waals surface area contributed by atoms with Crippen molar-refractivity contribution in [2.45, 2.75) is 18.8 Å². The number of methoxy groups -OCH3 is 1. The summed E-state index contributed by atoms with van der Waals surface area (Å²) >= 11 is 0. The summed E-state index contributed by atoms with van der Waals surface area (Å²) in [5, 5.41) is 1.16. The van der Waals surface area contributed by atoms with Gasteiger partial charge in [0.2, 0.25) is 0 Å². The lowest BCUT2D eigenvalue weighted by Gasteiger charge is -2.31. The Bertz CT molecular complexity index is 1440. The molecule has 34 heavy (non-hydrogen) atoms. The number of nitrogens with one attached hydrogen (secondary N) is 1. The number of nitrogens with zero attached hydrogens (tertiary/aromatic N) is 4. The van der Waals surface area contributed by atoms with Crippen LogP contribution in [0.25, 0.3) is 27.8 Å². The highest BCUT2D eigenvalue weighted by Gasteiger charge is 2.28. The maximum atomic E-state index is 13.0. The van der Waals surface area contributed by atoms with Crippen LogP contribution >= 0.6 is 0 Å². The van der Waals surface area contributed by atoms with Gasteiger partial charge in [-0.3, -0.25) is 14.2 Å². The number of benzene rings is 2. The molecule has 1 amide bonds. The number of hydrogen-bond donors (Lipinski definition) is 1. The van der Waals surface area contributed by atoms with Crippen LogP contribution in [0.3, 0.4) is 0 Å². The van der Waals surface area contributed by atoms with Crippen LogP contribution in [0.4, 0.5) is 0 Å². The van der Waals surface area contributed by atoms with Gasteiger partial charge in [0.15, 0.2) is 0 Å². The van der Waals surface area contributed by atoms with Crippen LogP contribution in [0.1, 0.15) is 34.9 Å². The minimum atomic E-state index is 0.0667. The first-order valence-corrected chi connectivity index (χ1v) is 11.5. The predicted octanol–water partition coefficient (Wildman–Crippen LogP) is 4.91. The molecule has 1 aliphatic heterocycles. The third kappa shape index (κ3) is 3.50. The van der Waals surface area contributed by atoms with Gasteiger partial charge in [-0.1, -0.05) is 18.2 Å². The Kier molecular flexibility index (Phi) is 5.02. The van der Waals surface area contributed by atoms with Gasteiger partial charge in [-0.2, -0.15) is 0 Å². The minimum Gasteiger partial charge on any atom is -0.497 e. The molecule has 0 saturated carbocycles. The SMILES string of the molecule is COc1ccc(C(=O)N2CCC(c3nc(-c4cc5ccccc5[nH]4)c4cnccn34)CC2)cc1. The summed E-state index contributed by atoms with van der Waals surface area (Å²) in [5.74, 6) is 2.12. The van der Waals surface area contributed by atoms with Crippen LogP contribution in [0.15, 0.2) is 73.2 Å². The molecular formula is C27H25N5O2. The number of carbonyl (C=O) groups is 1. The van der Waals surface area contributed by atoms with Crippen molar-refractivity contribution < 1.29 is 9.53 Å². The molecular weight excluding hydrogens is 426 g/mol. The maximum Gasteiger partial charge on any atom is 0.253 e. The number of rotatable bonds is 4. The van der Waals surface area contributed by atoms with E-state index in [2.05, 4.69) is 32.6 Å². The van der Waals surface area contributed by atoms with Crippen molar-refractivity contribution in [3.63, 3.8) is 0 Å². The van der Waals surface area contributed by atoms with Crippen molar-refractivity contribution in [2.24, 2.45) is 0 Å². The fraction of sp³-hybridized carbons (Fsp3) is 0.222. The fourth-order valence-corrected chi connectivity index (χ4v) is 4.91. The zero-order chi connectivity index (χ0) is 23.1. The van der Waals surface area contributed by atoms with Crippen molar-refractivity contribution in [3.8, 4) is 17.1 Å². The lowest BCUT2D eigenvalue weighted by molar-refractivity contribution is 0.0711. The second kappa shape index (κ2) is 8.33. The number of hydrogen-bond acceptors (Lipinski definition) is 4. The highest BCUT2D eigenvalue weighted by molar-refractivity contribution is 5.94. The second-order valence-electron chi connectivity index (χ2n) is 8.72. The number of amides is 1. The van der Waals surface area contributed by atoms with E-state index in [-0.39, 0.29) is 11.8 Å². The summed E-state index contributed by atoms with van der Waals surface area (Å²) in [6.07, 6.45) is 7.40. The molecule has 1 saturated heterocycles. The number of aromatic amines is 1. The highest BCUT2D eigenvalue weighted by Crippen LogP contribution is 2.33. The Morgan fingerprint density at radius 2 is 1.88 bits per heavy atom. The van der Waals surface area contributed by atoms with Crippen LogP contribution in [0.5, 0.6) is 5.75 Å². The van der Waals surface area contributed by atoms with E-state index in [9.17, 15) is 4.79 Å². The summed E-state index contributed by atoms with van der Waals surface area (Å²) in [6.45, 7) is 1.41. The van der Waals surface area contributed by atoms with Crippen LogP contribution in [-0.4, -0.2) is 50.4 Å². The number of para-hydroxylation sites is 1. The third-order valence-electron chi connectivity index (χ3n) is 6.74. The maximum absolute atomic E-state index is 13.0. The van der Waals surface area contributed by atoms with E-state index in [0.717, 1.165) is 52.2 Å². The van der Waals surface area contributed by atoms with Crippen molar-refractivity contribution in [2.75, 3.05) is 20.2 Å². The summed E-state index contributed by atoms with van der Waals surface area (Å²) < 4.78 is 7.35. The number of fused-ring (bicyclic) bond motifs is 2. The molecule has 0 bridgehead atoms. The monoisotopic (exact) mass is 451 g/mol. The van der Waals surface area contributed by atoms with Crippen LogP contribution in [-0.2, 0) is 0 Å². The van der Waals surface area contributed by atoms with Gasteiger partial charge in [0.25, 0.3) is 5.91 Å². The Labute approximate surface area is 197 Å². The molecule has 4 heterocycles. The number of likely N-dealkylation sites (tertiary alicyclic amines) is 1. The first-order valence-electron chi connectivity index (χ1n) is 11.5. The van der Waals surface area contributed by atoms with Gasteiger partial charge in [-0.25, -0.2) is 4.98 Å². The van der Waals surface area contributed by atoms with E-state index in [1.165, 1.54) is 0 Å². The molecule has 2 aromatic carbocycles. The van der Waals surface area contributed by atoms with Crippen molar-refractivity contribution in [3.05, 3.63) is 84.6 Å². The fourth-order valence-electron chi connectivity index (χ4n) is 4.91. The van der Waals surface area contributed by atoms with E-state index in [1.807, 2.05) is 53.7 Å². The van der Waals surface area contributed by atoms with Gasteiger partial charge in [0.1, 0.15) is 17.3 Å². The number of carbonyl (C=O) groups excluding carboxylic acids is 1. The Morgan fingerprint density at radius 3 is 2.65 bits per heavy atom. The Morgan fingerprint density at radius 1 is 1.09 bits per heavy atom. The minimum absolute atomic E-state index is 0.0667. The van der Waals surface area contributed by atoms with Crippen LogP contribution in [0.2, 0.25) is 0 Å². The zero-order valence-electron chi connectivity index (χ0n) is 18.9. The van der Waals surface area contributed by atoms with E-state index < -0.39 is 0 Å². The molecule has 5 aromatic rings. The molecule has 0 unspecified atom stereocenters. The molecule has 1 aliphatic rings. The van der Waals surface area contributed by atoms with Crippen LogP contribution < -0.4 is 4.74 Å². The van der Waals surface area contributed by atoms with Gasteiger partial charge >= 0.3 is 0 Å². The summed E-state index contributed by atoms with van der Waals surface area (Å²) in [4.78, 5) is 27.9. The predicted molar refractivity (Wildman–Crippen MR) is 131 cm³/mol. The first kappa shape index (κ1) is 20.5. The molecule has 7 nitrogen and oxygen atoms in total. The summed E-state index contributed by atoms with van der Waals surface area (Å²) in [5.41, 5.74) is 4.68. The Hall–Kier alpha value is -4.13. The zero-order valence-corrected chi connectivity index (χ0v) is 18.9. The molecule has 0 spiro atoms. The molecule has 0 atom stereocenters. The molecule has 0 radical (unpaired) electrons. The van der Waals surface area contributed by atoms with Gasteiger partial charge < -0.3 is 14.6 Å². The second-order valence-corrected chi connectivity index (χ2v) is 8.72. The average molecular weight is 452 g/mol. The van der Waals surface area contributed by atoms with Crippen molar-refractivity contribution >= 4 is 22.3 Å². The summed E-state index contributed by atoms with van der Waals surface area (Å²) in [7, 11) is 1.63. The number of piperidine rings is 1. The van der Waals surface area contributed by atoms with E-state index in [0.29, 0.717) is 18.7 Å². The number of ether oxygens (including phenoxy) is 1. The first-order chi connectivity index (χ1) is 16.7. The molecule has 6 rings (SSSR count). The van der Waals surface area contributed by atoms with E-state index >= 15 is 0 Å². The molecule has 1 fully saturated rings. The molecule has 3 aromatic heterocycles. The number of H-pyrrole nitrogens is 1. The van der Waals surface area contributed by atoms with Crippen LogP contribution in [0, 0.1) is 0 Å². The molecule has 0 aliphatic carbocycles. The normalized spacial score (nSPS) is 14.7. The highest BCUT2D eigenvalue weighted by atomic mass is 16.5. The molecule has 170 valence electrons. The molecule has 7 heteroatoms. The van der Waals surface area contributed by atoms with Gasteiger partial charge in [0, 0.05) is 47.9 Å². The standard InChI is InChI=1S/C27H25N5O2/c1-34-21-8-6-19(7-9-21)27(33)31-13-10-18(11-14-31)26-30-25(24-17-28-12-15-32(24)26)23-16-20-4-2-3-5-22(20)29-23/h2-9,12,15-18,29H,10-11,13-14H2,1H3. The van der Waals surface area contributed by atoms with Crippen molar-refractivity contribution in [1.29, 1.82) is 0 Å². The van der Waals surface area contributed by atoms with Gasteiger partial charge in [-0.15, -0.1) is 0 Å². The topological polar surface area (TPSA) is 75.5 Å². The van der Waals surface area contributed by atoms with Gasteiger partial charge in [0.05, 0.1) is 24.5 Å². The van der Waals surface area contributed by atoms with Crippen molar-refractivity contribution in [1.82, 2.24) is 24.3 Å². The Balaban J connectivity index is 1.26. The lowest BCUT2D eigenvalue weighted by Crippen LogP contribution is -2.38. The lowest BCUT2D eigenvalue weighted by atomic mass is 9.95. The van der Waals surface area contributed by atoms with E-state index in [1.54, 1.807) is 13.3 Å². The number of imidazole rings is 1. The third-order valence-corrected chi connectivity index (χ3v) is 6.74. The summed E-state index contributed by atoms with van der Waals surface area (Å²) in [6, 6.07) is 17.7. The quantitative estimate of drug-likeness (QED) is 0.421.